The first-order valence-corrected chi connectivity index (χ1v) is 10.1. The summed E-state index contributed by atoms with van der Waals surface area (Å²) in [6.07, 6.45) is 1.58. The molecule has 0 bridgehead atoms. The molecule has 7 nitrogen and oxygen atoms in total. The molecule has 0 aliphatic rings. The Morgan fingerprint density at radius 1 is 0.800 bits per heavy atom. The molecule has 0 fully saturated rings. The summed E-state index contributed by atoms with van der Waals surface area (Å²) in [6, 6.07) is 7.47. The van der Waals surface area contributed by atoms with Crippen LogP contribution in [0.4, 0.5) is 16.4 Å². The van der Waals surface area contributed by atoms with E-state index >= 15 is 0 Å². The average molecular weight is 415 g/mol. The number of aromatic nitrogens is 2. The first-order chi connectivity index (χ1) is 14.0. The summed E-state index contributed by atoms with van der Waals surface area (Å²) >= 11 is 0. The number of nitrogens with one attached hydrogen (secondary N) is 2. The Bertz CT molecular complexity index is 787. The van der Waals surface area contributed by atoms with Crippen molar-refractivity contribution in [3.8, 4) is 0 Å². The Morgan fingerprint density at radius 3 is 1.47 bits per heavy atom. The molecule has 30 heavy (non-hydrogen) atoms. The fraction of sp³-hybridized carbons (Fsp3) is 0.522. The van der Waals surface area contributed by atoms with Gasteiger partial charge in [0.1, 0.15) is 23.8 Å². The van der Waals surface area contributed by atoms with E-state index in [0.29, 0.717) is 11.6 Å². The summed E-state index contributed by atoms with van der Waals surface area (Å²) in [6.45, 7) is 12.1. The van der Waals surface area contributed by atoms with Gasteiger partial charge in [0.2, 0.25) is 0 Å². The van der Waals surface area contributed by atoms with E-state index in [0.717, 1.165) is 11.1 Å². The maximum atomic E-state index is 13.0. The summed E-state index contributed by atoms with van der Waals surface area (Å²) in [5.41, 5.74) is 0.869. The molecule has 0 saturated heterocycles. The van der Waals surface area contributed by atoms with Gasteiger partial charge in [-0.2, -0.15) is 0 Å². The number of nitrogens with zero attached hydrogens (tertiary/aromatic N) is 2. The zero-order valence-corrected chi connectivity index (χ0v) is 19.2. The van der Waals surface area contributed by atoms with Gasteiger partial charge in [0.15, 0.2) is 0 Å². The number of hydrogen-bond acceptors (Lipinski definition) is 7. The fourth-order valence-electron chi connectivity index (χ4n) is 3.31. The molecule has 0 saturated carbocycles. The molecule has 2 aromatic heterocycles. The SMILES string of the molecule is CNc1ncccc1C(OC(=O)OC(c1cccnc1NC)C(C)(C)C)C(C)(C)C. The van der Waals surface area contributed by atoms with E-state index in [1.54, 1.807) is 26.5 Å². The number of rotatable bonds is 6. The van der Waals surface area contributed by atoms with Gasteiger partial charge in [-0.3, -0.25) is 0 Å². The lowest BCUT2D eigenvalue weighted by molar-refractivity contribution is -0.0579. The Balaban J connectivity index is 2.34. The van der Waals surface area contributed by atoms with Crippen molar-refractivity contribution in [3.63, 3.8) is 0 Å². The van der Waals surface area contributed by atoms with Gasteiger partial charge in [-0.25, -0.2) is 14.8 Å². The van der Waals surface area contributed by atoms with E-state index in [-0.39, 0.29) is 10.8 Å². The highest BCUT2D eigenvalue weighted by molar-refractivity contribution is 5.62. The van der Waals surface area contributed by atoms with Crippen molar-refractivity contribution < 1.29 is 14.3 Å². The molecule has 0 amide bonds. The van der Waals surface area contributed by atoms with Crippen LogP contribution in [-0.4, -0.2) is 30.2 Å². The molecular formula is C23H34N4O3. The van der Waals surface area contributed by atoms with Gasteiger partial charge in [-0.05, 0) is 12.1 Å². The van der Waals surface area contributed by atoms with E-state index in [2.05, 4.69) is 20.6 Å². The second-order valence-electron chi connectivity index (χ2n) is 9.36. The molecule has 2 N–H and O–H groups in total. The van der Waals surface area contributed by atoms with Crippen LogP contribution in [0.3, 0.4) is 0 Å². The van der Waals surface area contributed by atoms with Crippen LogP contribution in [0.2, 0.25) is 0 Å². The van der Waals surface area contributed by atoms with Crippen LogP contribution in [0, 0.1) is 10.8 Å². The molecule has 2 atom stereocenters. The van der Waals surface area contributed by atoms with Crippen LogP contribution in [0.25, 0.3) is 0 Å². The minimum absolute atomic E-state index is 0.366. The number of carbonyl (C=O) groups excluding carboxylic acids is 1. The van der Waals surface area contributed by atoms with Crippen LogP contribution in [0.15, 0.2) is 36.7 Å². The Morgan fingerprint density at radius 2 is 1.17 bits per heavy atom. The summed E-state index contributed by atoms with van der Waals surface area (Å²) in [5, 5.41) is 6.14. The van der Waals surface area contributed by atoms with Crippen molar-refractivity contribution >= 4 is 17.8 Å². The maximum absolute atomic E-state index is 13.0. The highest BCUT2D eigenvalue weighted by Gasteiger charge is 2.36. The number of hydrogen-bond donors (Lipinski definition) is 2. The van der Waals surface area contributed by atoms with Gasteiger partial charge in [0, 0.05) is 48.4 Å². The summed E-state index contributed by atoms with van der Waals surface area (Å²) in [7, 11) is 3.59. The molecule has 7 heteroatoms. The van der Waals surface area contributed by atoms with Gasteiger partial charge in [-0.15, -0.1) is 0 Å². The lowest BCUT2D eigenvalue weighted by Crippen LogP contribution is -2.29. The number of carbonyl (C=O) groups is 1. The molecule has 2 rings (SSSR count). The summed E-state index contributed by atoms with van der Waals surface area (Å²) in [5.74, 6) is 1.34. The first kappa shape index (κ1) is 23.4. The molecule has 164 valence electrons. The molecule has 2 aromatic rings. The van der Waals surface area contributed by atoms with Crippen LogP contribution in [-0.2, 0) is 9.47 Å². The van der Waals surface area contributed by atoms with Gasteiger partial charge < -0.3 is 20.1 Å². The van der Waals surface area contributed by atoms with Crippen LogP contribution >= 0.6 is 0 Å². The van der Waals surface area contributed by atoms with Crippen molar-refractivity contribution in [1.29, 1.82) is 0 Å². The van der Waals surface area contributed by atoms with E-state index in [1.165, 1.54) is 0 Å². The smallest absolute Gasteiger partial charge is 0.425 e. The molecule has 0 spiro atoms. The highest BCUT2D eigenvalue weighted by atomic mass is 16.7. The van der Waals surface area contributed by atoms with E-state index < -0.39 is 18.4 Å². The maximum Gasteiger partial charge on any atom is 0.509 e. The van der Waals surface area contributed by atoms with Gasteiger partial charge >= 0.3 is 6.16 Å². The van der Waals surface area contributed by atoms with E-state index in [4.69, 9.17) is 9.47 Å². The monoisotopic (exact) mass is 414 g/mol. The Hall–Kier alpha value is -2.83. The third kappa shape index (κ3) is 5.62. The predicted octanol–water partition coefficient (Wildman–Crippen LogP) is 5.59. The number of pyridine rings is 2. The second-order valence-corrected chi connectivity index (χ2v) is 9.36. The standard InChI is InChI=1S/C23H34N4O3/c1-22(2,3)17(15-11-9-13-26-19(15)24-7)29-21(28)30-18(23(4,5)6)16-12-10-14-27-20(16)25-8/h9-14,17-18H,1-8H3,(H,24,26)(H,25,27). The van der Waals surface area contributed by atoms with Crippen molar-refractivity contribution in [2.75, 3.05) is 24.7 Å². The predicted molar refractivity (Wildman–Crippen MR) is 120 cm³/mol. The van der Waals surface area contributed by atoms with Gasteiger partial charge in [-0.1, -0.05) is 53.7 Å². The minimum atomic E-state index is -0.730. The van der Waals surface area contributed by atoms with Gasteiger partial charge in [0.05, 0.1) is 0 Å². The zero-order valence-electron chi connectivity index (χ0n) is 19.2. The van der Waals surface area contributed by atoms with E-state index in [9.17, 15) is 4.79 Å². The largest absolute Gasteiger partial charge is 0.509 e. The molecule has 0 aliphatic carbocycles. The topological polar surface area (TPSA) is 85.4 Å². The van der Waals surface area contributed by atoms with Crippen molar-refractivity contribution in [1.82, 2.24) is 9.97 Å². The number of ether oxygens (including phenoxy) is 2. The van der Waals surface area contributed by atoms with Gasteiger partial charge in [0.25, 0.3) is 0 Å². The van der Waals surface area contributed by atoms with E-state index in [1.807, 2.05) is 65.8 Å². The fourth-order valence-corrected chi connectivity index (χ4v) is 3.31. The Labute approximate surface area is 179 Å². The quantitative estimate of drug-likeness (QED) is 0.596. The minimum Gasteiger partial charge on any atom is -0.425 e. The lowest BCUT2D eigenvalue weighted by Gasteiger charge is -2.34. The second kappa shape index (κ2) is 9.32. The van der Waals surface area contributed by atoms with Crippen LogP contribution in [0.5, 0.6) is 0 Å². The van der Waals surface area contributed by atoms with Crippen molar-refractivity contribution in [2.24, 2.45) is 10.8 Å². The first-order valence-electron chi connectivity index (χ1n) is 10.1. The molecule has 0 radical (unpaired) electrons. The third-order valence-corrected chi connectivity index (χ3v) is 4.72. The van der Waals surface area contributed by atoms with Crippen LogP contribution < -0.4 is 10.6 Å². The zero-order chi connectivity index (χ0) is 22.5. The normalized spacial score (nSPS) is 13.9. The molecule has 0 aromatic carbocycles. The molecule has 2 unspecified atom stereocenters. The molecular weight excluding hydrogens is 380 g/mol. The third-order valence-electron chi connectivity index (χ3n) is 4.72. The highest BCUT2D eigenvalue weighted by Crippen LogP contribution is 2.42. The number of anilines is 2. The average Bonchev–Trinajstić information content (AvgIpc) is 2.68. The van der Waals surface area contributed by atoms with Crippen molar-refractivity contribution in [3.05, 3.63) is 47.8 Å². The van der Waals surface area contributed by atoms with Crippen molar-refractivity contribution in [2.45, 2.75) is 53.8 Å². The van der Waals surface area contributed by atoms with Crippen LogP contribution in [0.1, 0.15) is 64.9 Å². The molecule has 0 aliphatic heterocycles. The summed E-state index contributed by atoms with van der Waals surface area (Å²) < 4.78 is 11.8. The molecule has 2 heterocycles. The lowest BCUT2D eigenvalue weighted by atomic mass is 9.84. The summed E-state index contributed by atoms with van der Waals surface area (Å²) in [4.78, 5) is 21.7. The Kier molecular flexibility index (Phi) is 7.29.